The molecule has 35 heavy (non-hydrogen) atoms. The van der Waals surface area contributed by atoms with Crippen molar-refractivity contribution in [3.63, 3.8) is 0 Å². The third-order valence-electron chi connectivity index (χ3n) is 6.25. The lowest BCUT2D eigenvalue weighted by atomic mass is 10.2. The molecule has 0 spiro atoms. The molecule has 0 aliphatic carbocycles. The van der Waals surface area contributed by atoms with Crippen molar-refractivity contribution >= 4 is 28.5 Å². The smallest absolute Gasteiger partial charge is 0.286 e. The maximum absolute atomic E-state index is 14.1. The molecule has 11 heteroatoms. The van der Waals surface area contributed by atoms with E-state index in [2.05, 4.69) is 34.1 Å². The number of nitrogens with two attached hydrogens (primary N) is 1. The van der Waals surface area contributed by atoms with Crippen molar-refractivity contribution in [2.75, 3.05) is 65.2 Å². The number of furan rings is 1. The van der Waals surface area contributed by atoms with Crippen LogP contribution in [0.1, 0.15) is 23.4 Å². The molecule has 4 rings (SSSR count). The first-order valence-corrected chi connectivity index (χ1v) is 11.7. The molecule has 0 radical (unpaired) electrons. The van der Waals surface area contributed by atoms with Gasteiger partial charge < -0.3 is 30.0 Å². The number of fused-ring (bicyclic) bond motifs is 1. The van der Waals surface area contributed by atoms with Gasteiger partial charge in [-0.3, -0.25) is 14.5 Å². The van der Waals surface area contributed by atoms with Crippen LogP contribution in [0.2, 0.25) is 0 Å². The van der Waals surface area contributed by atoms with Crippen molar-refractivity contribution in [3.05, 3.63) is 41.4 Å². The number of hydrogen-bond acceptors (Lipinski definition) is 7. The van der Waals surface area contributed by atoms with Gasteiger partial charge >= 0.3 is 0 Å². The Kier molecular flexibility index (Phi) is 7.68. The van der Waals surface area contributed by atoms with E-state index in [-0.39, 0.29) is 16.7 Å². The molecule has 2 aliphatic rings. The van der Waals surface area contributed by atoms with Crippen molar-refractivity contribution in [2.24, 2.45) is 5.73 Å². The van der Waals surface area contributed by atoms with Crippen LogP contribution in [0, 0.1) is 11.6 Å². The average Bonchev–Trinajstić information content (AvgIpc) is 3.40. The SMILES string of the molecule is CN(C)CCCN1CCN(CC2=CCC(C(=O)Nc3c(C(N)=O)oc4c(F)cc(F)cc34)O2)CC1. The van der Waals surface area contributed by atoms with E-state index in [1.807, 2.05) is 6.08 Å². The van der Waals surface area contributed by atoms with Crippen LogP contribution in [0.5, 0.6) is 0 Å². The summed E-state index contributed by atoms with van der Waals surface area (Å²) in [6, 6.07) is 1.60. The third-order valence-corrected chi connectivity index (χ3v) is 6.25. The zero-order valence-corrected chi connectivity index (χ0v) is 20.0. The van der Waals surface area contributed by atoms with E-state index >= 15 is 0 Å². The van der Waals surface area contributed by atoms with Gasteiger partial charge in [0.1, 0.15) is 17.3 Å². The first-order chi connectivity index (χ1) is 16.7. The molecule has 1 saturated heterocycles. The summed E-state index contributed by atoms with van der Waals surface area (Å²) in [7, 11) is 4.16. The number of primary amides is 1. The van der Waals surface area contributed by atoms with E-state index < -0.39 is 35.3 Å². The summed E-state index contributed by atoms with van der Waals surface area (Å²) in [5, 5.41) is 2.44. The molecule has 3 N–H and O–H groups in total. The highest BCUT2D eigenvalue weighted by atomic mass is 19.1. The van der Waals surface area contributed by atoms with Crippen LogP contribution in [0.4, 0.5) is 14.5 Å². The van der Waals surface area contributed by atoms with Gasteiger partial charge in [-0.15, -0.1) is 0 Å². The van der Waals surface area contributed by atoms with E-state index in [1.165, 1.54) is 0 Å². The van der Waals surface area contributed by atoms with Crippen LogP contribution in [0.25, 0.3) is 11.0 Å². The number of amides is 2. The van der Waals surface area contributed by atoms with E-state index in [0.717, 1.165) is 51.8 Å². The number of halogens is 2. The van der Waals surface area contributed by atoms with Crippen molar-refractivity contribution in [1.82, 2.24) is 14.7 Å². The van der Waals surface area contributed by atoms with Crippen LogP contribution in [0.3, 0.4) is 0 Å². The largest absolute Gasteiger partial charge is 0.484 e. The molecule has 0 bridgehead atoms. The summed E-state index contributed by atoms with van der Waals surface area (Å²) in [6.07, 6.45) is 2.52. The molecule has 9 nitrogen and oxygen atoms in total. The number of nitrogens with one attached hydrogen (secondary N) is 1. The first-order valence-electron chi connectivity index (χ1n) is 11.7. The minimum absolute atomic E-state index is 0.0840. The van der Waals surface area contributed by atoms with Gasteiger partial charge in [-0.25, -0.2) is 8.78 Å². The summed E-state index contributed by atoms with van der Waals surface area (Å²) in [6.45, 7) is 6.57. The van der Waals surface area contributed by atoms with E-state index in [4.69, 9.17) is 14.9 Å². The average molecular weight is 492 g/mol. The Hall–Kier alpha value is -3.02. The maximum Gasteiger partial charge on any atom is 0.286 e. The van der Waals surface area contributed by atoms with Crippen LogP contribution < -0.4 is 11.1 Å². The standard InChI is InChI=1S/C24H31F2N5O4/c1-29(2)6-3-7-30-8-10-31(11-9-30)14-16-4-5-19(34-16)24(33)28-20-17-12-15(25)13-18(26)21(17)35-22(20)23(27)32/h4,12-13,19H,3,5-11,14H2,1-2H3,(H2,27,32)(H,28,33). The molecule has 1 fully saturated rings. The van der Waals surface area contributed by atoms with Gasteiger partial charge in [-0.2, -0.15) is 0 Å². The van der Waals surface area contributed by atoms with Gasteiger partial charge in [0.25, 0.3) is 11.8 Å². The molecule has 1 aromatic carbocycles. The fourth-order valence-electron chi connectivity index (χ4n) is 4.41. The summed E-state index contributed by atoms with van der Waals surface area (Å²) < 4.78 is 38.9. The Labute approximate surface area is 202 Å². The Morgan fingerprint density at radius 2 is 1.89 bits per heavy atom. The number of piperazine rings is 1. The number of carbonyl (C=O) groups is 2. The van der Waals surface area contributed by atoms with Crippen LogP contribution in [-0.2, 0) is 9.53 Å². The second-order valence-corrected chi connectivity index (χ2v) is 9.21. The van der Waals surface area contributed by atoms with E-state index in [9.17, 15) is 18.4 Å². The highest BCUT2D eigenvalue weighted by Crippen LogP contribution is 2.34. The van der Waals surface area contributed by atoms with Crippen molar-refractivity contribution < 1.29 is 27.5 Å². The van der Waals surface area contributed by atoms with Gasteiger partial charge in [-0.1, -0.05) is 0 Å². The molecule has 2 aliphatic heterocycles. The summed E-state index contributed by atoms with van der Waals surface area (Å²) in [5.41, 5.74) is 4.79. The second kappa shape index (κ2) is 10.7. The summed E-state index contributed by atoms with van der Waals surface area (Å²) in [5.74, 6) is -3.19. The Balaban J connectivity index is 1.31. The van der Waals surface area contributed by atoms with Gasteiger partial charge in [-0.05, 0) is 45.7 Å². The lowest BCUT2D eigenvalue weighted by Crippen LogP contribution is -2.47. The molecule has 1 unspecified atom stereocenters. The first kappa shape index (κ1) is 25.1. The molecule has 2 aromatic rings. The lowest BCUT2D eigenvalue weighted by molar-refractivity contribution is -0.124. The molecule has 1 aromatic heterocycles. The van der Waals surface area contributed by atoms with Crippen molar-refractivity contribution in [3.8, 4) is 0 Å². The van der Waals surface area contributed by atoms with Gasteiger partial charge in [0.05, 0.1) is 11.9 Å². The number of rotatable bonds is 9. The fraction of sp³-hybridized carbons (Fsp3) is 0.500. The molecular weight excluding hydrogens is 460 g/mol. The second-order valence-electron chi connectivity index (χ2n) is 9.21. The highest BCUT2D eigenvalue weighted by Gasteiger charge is 2.30. The normalized spacial score (nSPS) is 19.2. The third kappa shape index (κ3) is 5.98. The quantitative estimate of drug-likeness (QED) is 0.553. The van der Waals surface area contributed by atoms with Crippen molar-refractivity contribution in [2.45, 2.75) is 18.9 Å². The predicted octanol–water partition coefficient (Wildman–Crippen LogP) is 1.99. The lowest BCUT2D eigenvalue weighted by Gasteiger charge is -2.35. The fourth-order valence-corrected chi connectivity index (χ4v) is 4.41. The molecular formula is C24H31F2N5O4. The van der Waals surface area contributed by atoms with Gasteiger partial charge in [0, 0.05) is 38.7 Å². The number of benzene rings is 1. The number of nitrogens with zero attached hydrogens (tertiary/aromatic N) is 3. The zero-order chi connectivity index (χ0) is 25.1. The number of hydrogen-bond donors (Lipinski definition) is 2. The van der Waals surface area contributed by atoms with E-state index in [1.54, 1.807) is 0 Å². The molecule has 1 atom stereocenters. The molecule has 190 valence electrons. The van der Waals surface area contributed by atoms with Crippen LogP contribution >= 0.6 is 0 Å². The van der Waals surface area contributed by atoms with Crippen LogP contribution in [0.15, 0.2) is 28.4 Å². The Morgan fingerprint density at radius 3 is 2.57 bits per heavy atom. The van der Waals surface area contributed by atoms with E-state index in [0.29, 0.717) is 24.8 Å². The van der Waals surface area contributed by atoms with Crippen molar-refractivity contribution in [1.29, 1.82) is 0 Å². The Bertz CT molecular complexity index is 1120. The molecule has 0 saturated carbocycles. The summed E-state index contributed by atoms with van der Waals surface area (Å²) >= 11 is 0. The molecule has 2 amide bonds. The number of ether oxygens (including phenoxy) is 1. The predicted molar refractivity (Wildman–Crippen MR) is 127 cm³/mol. The minimum atomic E-state index is -1.01. The van der Waals surface area contributed by atoms with Crippen LogP contribution in [-0.4, -0.2) is 92.5 Å². The summed E-state index contributed by atoms with van der Waals surface area (Å²) in [4.78, 5) is 31.6. The maximum atomic E-state index is 14.1. The number of carbonyl (C=O) groups excluding carboxylic acids is 2. The Morgan fingerprint density at radius 1 is 1.17 bits per heavy atom. The highest BCUT2D eigenvalue weighted by molar-refractivity contribution is 6.11. The zero-order valence-electron chi connectivity index (χ0n) is 20.0. The monoisotopic (exact) mass is 491 g/mol. The van der Waals surface area contributed by atoms with Gasteiger partial charge in [0.2, 0.25) is 5.76 Å². The molecule has 3 heterocycles. The minimum Gasteiger partial charge on any atom is -0.484 e. The number of anilines is 1. The van der Waals surface area contributed by atoms with Gasteiger partial charge in [0.15, 0.2) is 17.5 Å². The topological polar surface area (TPSA) is 104 Å².